The summed E-state index contributed by atoms with van der Waals surface area (Å²) in [7, 11) is 0. The molecule has 2 heteroatoms. The molecule has 0 bridgehead atoms. The first-order valence-electron chi connectivity index (χ1n) is 11.5. The van der Waals surface area contributed by atoms with Gasteiger partial charge in [-0.05, 0) is 91.8 Å². The Bertz CT molecular complexity index is 565. The van der Waals surface area contributed by atoms with Crippen LogP contribution in [0.5, 0.6) is 0 Å². The summed E-state index contributed by atoms with van der Waals surface area (Å²) in [6, 6.07) is 0. The maximum absolute atomic E-state index is 11.1. The topological polar surface area (TPSA) is 40.5 Å². The van der Waals surface area contributed by atoms with Crippen LogP contribution >= 0.6 is 0 Å². The summed E-state index contributed by atoms with van der Waals surface area (Å²) in [5.74, 6) is 2.40. The smallest absolute Gasteiger partial charge is 0.0614 e. The first kappa shape index (κ1) is 21.4. The molecule has 0 saturated heterocycles. The van der Waals surface area contributed by atoms with Gasteiger partial charge in [0.25, 0.3) is 0 Å². The number of hydrogen-bond acceptors (Lipinski definition) is 2. The van der Waals surface area contributed by atoms with E-state index in [4.69, 9.17) is 0 Å². The van der Waals surface area contributed by atoms with Crippen molar-refractivity contribution in [2.24, 2.45) is 39.9 Å². The minimum Gasteiger partial charge on any atom is -0.393 e. The molecule has 0 amide bonds. The third-order valence-corrected chi connectivity index (χ3v) is 9.69. The van der Waals surface area contributed by atoms with Crippen LogP contribution in [-0.4, -0.2) is 22.9 Å². The largest absolute Gasteiger partial charge is 0.393 e. The molecule has 7 atom stereocenters. The van der Waals surface area contributed by atoms with Gasteiger partial charge in [0.05, 0.1) is 12.7 Å². The molecule has 27 heavy (non-hydrogen) atoms. The van der Waals surface area contributed by atoms with Crippen LogP contribution in [0.2, 0.25) is 0 Å². The van der Waals surface area contributed by atoms with Gasteiger partial charge in [0.15, 0.2) is 0 Å². The number of fused-ring (bicyclic) bond motifs is 3. The summed E-state index contributed by atoms with van der Waals surface area (Å²) >= 11 is 0. The Labute approximate surface area is 167 Å². The molecule has 0 aromatic heterocycles. The fraction of sp³-hybridized carbons (Fsp3) is 0.920. The molecule has 3 rings (SSSR count). The molecule has 0 aliphatic heterocycles. The molecular formula is C25H44O2. The zero-order valence-electron chi connectivity index (χ0n) is 18.7. The summed E-state index contributed by atoms with van der Waals surface area (Å²) in [5, 5.41) is 20.3. The summed E-state index contributed by atoms with van der Waals surface area (Å²) in [5.41, 5.74) is 2.46. The monoisotopic (exact) mass is 376 g/mol. The predicted molar refractivity (Wildman–Crippen MR) is 113 cm³/mol. The zero-order chi connectivity index (χ0) is 20.0. The van der Waals surface area contributed by atoms with Crippen molar-refractivity contribution in [2.75, 3.05) is 6.61 Å². The van der Waals surface area contributed by atoms with Crippen LogP contribution in [0, 0.1) is 39.9 Å². The second kappa shape index (κ2) is 7.48. The molecule has 0 heterocycles. The fourth-order valence-electron chi connectivity index (χ4n) is 8.23. The Balaban J connectivity index is 1.91. The standard InChI is InChI=1S/C25H44O2/c1-17(11-15-26)8-9-19-18(2)20(27)16-22-24(19,5)14-10-21-23(3,4)12-7-13-25(21,22)6/h11,18-22,26-27H,7-10,12-16H2,1-6H3/b17-11-/t18?,19-,20+,21+,22+,24+,25+/m0/s1. The molecule has 156 valence electrons. The third kappa shape index (κ3) is 3.54. The molecule has 2 N–H and O–H groups in total. The van der Waals surface area contributed by atoms with Gasteiger partial charge in [-0.15, -0.1) is 0 Å². The van der Waals surface area contributed by atoms with Crippen LogP contribution in [0.15, 0.2) is 11.6 Å². The van der Waals surface area contributed by atoms with Gasteiger partial charge in [-0.3, -0.25) is 0 Å². The maximum atomic E-state index is 11.1. The zero-order valence-corrected chi connectivity index (χ0v) is 18.7. The second-order valence-corrected chi connectivity index (χ2v) is 11.5. The first-order chi connectivity index (χ1) is 12.6. The van der Waals surface area contributed by atoms with E-state index in [0.717, 1.165) is 25.2 Å². The van der Waals surface area contributed by atoms with E-state index in [0.29, 0.717) is 34.0 Å². The predicted octanol–water partition coefficient (Wildman–Crippen LogP) is 5.97. The highest BCUT2D eigenvalue weighted by Crippen LogP contribution is 2.69. The van der Waals surface area contributed by atoms with Gasteiger partial charge < -0.3 is 10.2 Å². The summed E-state index contributed by atoms with van der Waals surface area (Å²) in [6.07, 6.45) is 11.7. The van der Waals surface area contributed by atoms with Crippen LogP contribution < -0.4 is 0 Å². The highest BCUT2D eigenvalue weighted by molar-refractivity contribution is 5.12. The van der Waals surface area contributed by atoms with E-state index in [-0.39, 0.29) is 12.7 Å². The van der Waals surface area contributed by atoms with E-state index in [2.05, 4.69) is 41.5 Å². The van der Waals surface area contributed by atoms with Gasteiger partial charge in [0.2, 0.25) is 0 Å². The molecule has 3 aliphatic rings. The Hall–Kier alpha value is -0.340. The average Bonchev–Trinajstić information content (AvgIpc) is 2.56. The highest BCUT2D eigenvalue weighted by Gasteiger charge is 2.62. The van der Waals surface area contributed by atoms with Crippen LogP contribution in [0.4, 0.5) is 0 Å². The number of aliphatic hydroxyl groups excluding tert-OH is 2. The quantitative estimate of drug-likeness (QED) is 0.593. The summed E-state index contributed by atoms with van der Waals surface area (Å²) in [4.78, 5) is 0. The number of aliphatic hydroxyl groups is 2. The summed E-state index contributed by atoms with van der Waals surface area (Å²) in [6.45, 7) is 14.7. The Morgan fingerprint density at radius 3 is 2.41 bits per heavy atom. The van der Waals surface area contributed by atoms with Crippen molar-refractivity contribution in [1.82, 2.24) is 0 Å². The van der Waals surface area contributed by atoms with Crippen molar-refractivity contribution < 1.29 is 10.2 Å². The van der Waals surface area contributed by atoms with Crippen molar-refractivity contribution in [3.8, 4) is 0 Å². The molecule has 2 nitrogen and oxygen atoms in total. The van der Waals surface area contributed by atoms with Gasteiger partial charge in [-0.25, -0.2) is 0 Å². The van der Waals surface area contributed by atoms with E-state index >= 15 is 0 Å². The van der Waals surface area contributed by atoms with Crippen molar-refractivity contribution in [2.45, 2.75) is 99.0 Å². The minimum absolute atomic E-state index is 0.142. The van der Waals surface area contributed by atoms with Crippen LogP contribution in [0.25, 0.3) is 0 Å². The summed E-state index contributed by atoms with van der Waals surface area (Å²) < 4.78 is 0. The molecule has 1 unspecified atom stereocenters. The molecule has 3 aliphatic carbocycles. The van der Waals surface area contributed by atoms with Gasteiger partial charge >= 0.3 is 0 Å². The molecule has 0 aromatic carbocycles. The van der Waals surface area contributed by atoms with E-state index in [9.17, 15) is 10.2 Å². The first-order valence-corrected chi connectivity index (χ1v) is 11.5. The van der Waals surface area contributed by atoms with Crippen LogP contribution in [0.3, 0.4) is 0 Å². The lowest BCUT2D eigenvalue weighted by molar-refractivity contribution is -0.197. The Morgan fingerprint density at radius 1 is 1.04 bits per heavy atom. The van der Waals surface area contributed by atoms with E-state index in [1.807, 2.05) is 6.08 Å². The van der Waals surface area contributed by atoms with Crippen molar-refractivity contribution >= 4 is 0 Å². The lowest BCUT2D eigenvalue weighted by Gasteiger charge is -2.67. The van der Waals surface area contributed by atoms with Gasteiger partial charge in [0.1, 0.15) is 0 Å². The minimum atomic E-state index is -0.157. The van der Waals surface area contributed by atoms with Gasteiger partial charge in [0, 0.05) is 0 Å². The van der Waals surface area contributed by atoms with Crippen LogP contribution in [0.1, 0.15) is 92.9 Å². The third-order valence-electron chi connectivity index (χ3n) is 9.69. The van der Waals surface area contributed by atoms with E-state index in [1.54, 1.807) is 0 Å². The lowest BCUT2D eigenvalue weighted by atomic mass is 9.38. The van der Waals surface area contributed by atoms with Gasteiger partial charge in [-0.1, -0.05) is 52.7 Å². The maximum Gasteiger partial charge on any atom is 0.0614 e. The van der Waals surface area contributed by atoms with Crippen molar-refractivity contribution in [3.05, 3.63) is 11.6 Å². The van der Waals surface area contributed by atoms with Gasteiger partial charge in [-0.2, -0.15) is 0 Å². The molecule has 0 spiro atoms. The molecule has 0 aromatic rings. The SMILES string of the molecule is C/C(=C/CO)CC[C@H]1C(C)[C@H](O)C[C@H]2[C@]3(C)CCCC(C)(C)[C@H]3CC[C@@]21C. The Kier molecular flexibility index (Phi) is 5.92. The average molecular weight is 377 g/mol. The number of hydrogen-bond donors (Lipinski definition) is 2. The molecule has 0 radical (unpaired) electrons. The number of allylic oxidation sites excluding steroid dienone is 1. The Morgan fingerprint density at radius 2 is 1.74 bits per heavy atom. The highest BCUT2D eigenvalue weighted by atomic mass is 16.3. The molecular weight excluding hydrogens is 332 g/mol. The van der Waals surface area contributed by atoms with Crippen LogP contribution in [-0.2, 0) is 0 Å². The second-order valence-electron chi connectivity index (χ2n) is 11.5. The molecule has 3 fully saturated rings. The van der Waals surface area contributed by atoms with Crippen molar-refractivity contribution in [1.29, 1.82) is 0 Å². The van der Waals surface area contributed by atoms with E-state index in [1.165, 1.54) is 37.7 Å². The van der Waals surface area contributed by atoms with E-state index < -0.39 is 0 Å². The lowest BCUT2D eigenvalue weighted by Crippen LogP contribution is -2.61. The molecule has 3 saturated carbocycles. The normalized spacial score (nSPS) is 47.3. The van der Waals surface area contributed by atoms with Crippen molar-refractivity contribution in [3.63, 3.8) is 0 Å². The number of rotatable bonds is 4. The fourth-order valence-corrected chi connectivity index (χ4v) is 8.23.